The molecule has 8 heteroatoms. The molecule has 7 nitrogen and oxygen atoms in total. The van der Waals surface area contributed by atoms with Crippen molar-refractivity contribution in [1.29, 1.82) is 0 Å². The van der Waals surface area contributed by atoms with Crippen molar-refractivity contribution in [2.75, 3.05) is 25.2 Å². The van der Waals surface area contributed by atoms with Crippen LogP contribution in [0.2, 0.25) is 0 Å². The minimum absolute atomic E-state index is 0.164. The summed E-state index contributed by atoms with van der Waals surface area (Å²) in [5, 5.41) is 6.68. The smallest absolute Gasteiger partial charge is 0.311 e. The Morgan fingerprint density at radius 1 is 1.41 bits per heavy atom. The maximum absolute atomic E-state index is 11.5. The van der Waals surface area contributed by atoms with Gasteiger partial charge in [0.25, 0.3) is 0 Å². The van der Waals surface area contributed by atoms with E-state index in [1.165, 1.54) is 11.3 Å². The number of nitrogens with zero attached hydrogens (tertiary/aromatic N) is 2. The van der Waals surface area contributed by atoms with Gasteiger partial charge in [-0.3, -0.25) is 10.2 Å². The Hall–Kier alpha value is -2.45. The van der Waals surface area contributed by atoms with Crippen LogP contribution in [0.4, 0.5) is 5.13 Å². The standard InChI is InChI=1S/C19H23N3O4S/c1-2-25-18(23)11-15-13-27-19(21-15)22-20-12-14-5-3-4-6-17(14)26-16-7-9-24-10-8-16/h3-6,12-13,16H,2,7-11H2,1H3,(H,21,22). The Labute approximate surface area is 162 Å². The monoisotopic (exact) mass is 389 g/mol. The molecule has 0 radical (unpaired) electrons. The number of para-hydroxylation sites is 1. The summed E-state index contributed by atoms with van der Waals surface area (Å²) in [6.07, 6.45) is 3.84. The Kier molecular flexibility index (Phi) is 7.18. The first-order valence-corrected chi connectivity index (χ1v) is 9.85. The predicted octanol–water partition coefficient (Wildman–Crippen LogP) is 3.25. The Balaban J connectivity index is 1.57. The zero-order valence-electron chi connectivity index (χ0n) is 15.2. The molecule has 0 saturated carbocycles. The number of benzene rings is 1. The fraction of sp³-hybridized carbons (Fsp3) is 0.421. The number of thiazole rings is 1. The molecule has 0 atom stereocenters. The van der Waals surface area contributed by atoms with Crippen molar-refractivity contribution in [2.24, 2.45) is 5.10 Å². The van der Waals surface area contributed by atoms with Crippen LogP contribution in [0.5, 0.6) is 5.75 Å². The SMILES string of the molecule is CCOC(=O)Cc1csc(NN=Cc2ccccc2OC2CCOCC2)n1. The van der Waals surface area contributed by atoms with E-state index in [0.29, 0.717) is 17.4 Å². The highest BCUT2D eigenvalue weighted by atomic mass is 32.1. The topological polar surface area (TPSA) is 82.0 Å². The molecular weight excluding hydrogens is 366 g/mol. The first kappa shape index (κ1) is 19.3. The third kappa shape index (κ3) is 6.04. The van der Waals surface area contributed by atoms with Crippen LogP contribution in [-0.2, 0) is 20.7 Å². The zero-order chi connectivity index (χ0) is 18.9. The predicted molar refractivity (Wildman–Crippen MR) is 105 cm³/mol. The van der Waals surface area contributed by atoms with Gasteiger partial charge in [0.1, 0.15) is 11.9 Å². The molecule has 1 aliphatic rings. The third-order valence-corrected chi connectivity index (χ3v) is 4.72. The van der Waals surface area contributed by atoms with Gasteiger partial charge < -0.3 is 14.2 Å². The summed E-state index contributed by atoms with van der Waals surface area (Å²) in [6.45, 7) is 3.62. The summed E-state index contributed by atoms with van der Waals surface area (Å²) in [4.78, 5) is 15.8. The molecule has 1 saturated heterocycles. The Morgan fingerprint density at radius 2 is 2.22 bits per heavy atom. The van der Waals surface area contributed by atoms with Gasteiger partial charge in [-0.2, -0.15) is 5.10 Å². The maximum atomic E-state index is 11.5. The van der Waals surface area contributed by atoms with Gasteiger partial charge in [-0.05, 0) is 19.1 Å². The highest BCUT2D eigenvalue weighted by molar-refractivity contribution is 7.13. The van der Waals surface area contributed by atoms with E-state index in [2.05, 4.69) is 15.5 Å². The van der Waals surface area contributed by atoms with Gasteiger partial charge >= 0.3 is 5.97 Å². The number of carbonyl (C=O) groups is 1. The molecular formula is C19H23N3O4S. The van der Waals surface area contributed by atoms with Gasteiger partial charge in [0, 0.05) is 23.8 Å². The Bertz CT molecular complexity index is 772. The highest BCUT2D eigenvalue weighted by Gasteiger charge is 2.16. The molecule has 27 heavy (non-hydrogen) atoms. The average molecular weight is 389 g/mol. The summed E-state index contributed by atoms with van der Waals surface area (Å²) in [6, 6.07) is 7.78. The van der Waals surface area contributed by atoms with Crippen molar-refractivity contribution in [2.45, 2.75) is 32.3 Å². The number of nitrogens with one attached hydrogen (secondary N) is 1. The zero-order valence-corrected chi connectivity index (χ0v) is 16.0. The van der Waals surface area contributed by atoms with Gasteiger partial charge in [-0.25, -0.2) is 4.98 Å². The van der Waals surface area contributed by atoms with E-state index in [1.807, 2.05) is 29.6 Å². The fourth-order valence-corrected chi connectivity index (χ4v) is 3.28. The third-order valence-electron chi connectivity index (χ3n) is 3.93. The van der Waals surface area contributed by atoms with Crippen LogP contribution in [0.3, 0.4) is 0 Å². The number of ether oxygens (including phenoxy) is 3. The molecule has 0 amide bonds. The molecule has 0 aliphatic carbocycles. The summed E-state index contributed by atoms with van der Waals surface area (Å²) < 4.78 is 16.4. The molecule has 0 unspecified atom stereocenters. The fourth-order valence-electron chi connectivity index (χ4n) is 2.62. The number of carbonyl (C=O) groups excluding carboxylic acids is 1. The molecule has 144 valence electrons. The van der Waals surface area contributed by atoms with Crippen LogP contribution < -0.4 is 10.2 Å². The van der Waals surface area contributed by atoms with Gasteiger partial charge in [-0.1, -0.05) is 12.1 Å². The molecule has 2 heterocycles. The molecule has 1 N–H and O–H groups in total. The number of hydrazone groups is 1. The van der Waals surface area contributed by atoms with Crippen LogP contribution in [0.1, 0.15) is 31.0 Å². The van der Waals surface area contributed by atoms with E-state index in [9.17, 15) is 4.79 Å². The van der Waals surface area contributed by atoms with E-state index in [-0.39, 0.29) is 18.5 Å². The van der Waals surface area contributed by atoms with Crippen molar-refractivity contribution < 1.29 is 19.0 Å². The number of hydrogen-bond donors (Lipinski definition) is 1. The summed E-state index contributed by atoms with van der Waals surface area (Å²) in [7, 11) is 0. The van der Waals surface area contributed by atoms with Gasteiger partial charge in [0.05, 0.1) is 38.1 Å². The molecule has 1 aromatic heterocycles. The number of anilines is 1. The molecule has 0 spiro atoms. The van der Waals surface area contributed by atoms with Gasteiger partial charge in [0.2, 0.25) is 5.13 Å². The Morgan fingerprint density at radius 3 is 3.04 bits per heavy atom. The van der Waals surface area contributed by atoms with Crippen LogP contribution in [0, 0.1) is 0 Å². The van der Waals surface area contributed by atoms with Crippen LogP contribution in [-0.4, -0.2) is 43.1 Å². The molecule has 1 aliphatic heterocycles. The minimum Gasteiger partial charge on any atom is -0.490 e. The maximum Gasteiger partial charge on any atom is 0.311 e. The van der Waals surface area contributed by atoms with Gasteiger partial charge in [0.15, 0.2) is 0 Å². The van der Waals surface area contributed by atoms with Crippen LogP contribution >= 0.6 is 11.3 Å². The van der Waals surface area contributed by atoms with Crippen molar-refractivity contribution in [3.8, 4) is 5.75 Å². The lowest BCUT2D eigenvalue weighted by Crippen LogP contribution is -2.26. The quantitative estimate of drug-likeness (QED) is 0.424. The van der Waals surface area contributed by atoms with Crippen molar-refractivity contribution in [3.05, 3.63) is 40.9 Å². The van der Waals surface area contributed by atoms with Crippen LogP contribution in [0.25, 0.3) is 0 Å². The minimum atomic E-state index is -0.281. The first-order chi connectivity index (χ1) is 13.2. The summed E-state index contributed by atoms with van der Waals surface area (Å²) in [5.74, 6) is 0.522. The largest absolute Gasteiger partial charge is 0.490 e. The number of aromatic nitrogens is 1. The second kappa shape index (κ2) is 10.0. The normalized spacial score (nSPS) is 15.0. The first-order valence-electron chi connectivity index (χ1n) is 8.97. The van der Waals surface area contributed by atoms with E-state index in [1.54, 1.807) is 13.1 Å². The van der Waals surface area contributed by atoms with Crippen molar-refractivity contribution in [3.63, 3.8) is 0 Å². The van der Waals surface area contributed by atoms with E-state index >= 15 is 0 Å². The van der Waals surface area contributed by atoms with Crippen molar-refractivity contribution >= 4 is 28.7 Å². The highest BCUT2D eigenvalue weighted by Crippen LogP contribution is 2.22. The second-order valence-electron chi connectivity index (χ2n) is 5.96. The molecule has 3 rings (SSSR count). The average Bonchev–Trinajstić information content (AvgIpc) is 3.11. The summed E-state index contributed by atoms with van der Waals surface area (Å²) in [5.41, 5.74) is 4.45. The van der Waals surface area contributed by atoms with Gasteiger partial charge in [-0.15, -0.1) is 11.3 Å². The number of hydrogen-bond acceptors (Lipinski definition) is 8. The number of rotatable bonds is 8. The van der Waals surface area contributed by atoms with E-state index in [4.69, 9.17) is 14.2 Å². The van der Waals surface area contributed by atoms with E-state index in [0.717, 1.165) is 37.4 Å². The lowest BCUT2D eigenvalue weighted by Gasteiger charge is -2.24. The molecule has 1 aromatic carbocycles. The molecule has 0 bridgehead atoms. The molecule has 2 aromatic rings. The van der Waals surface area contributed by atoms with E-state index < -0.39 is 0 Å². The lowest BCUT2D eigenvalue weighted by molar-refractivity contribution is -0.142. The summed E-state index contributed by atoms with van der Waals surface area (Å²) >= 11 is 1.39. The lowest BCUT2D eigenvalue weighted by atomic mass is 10.1. The van der Waals surface area contributed by atoms with Crippen molar-refractivity contribution in [1.82, 2.24) is 4.98 Å². The second-order valence-corrected chi connectivity index (χ2v) is 6.82. The van der Waals surface area contributed by atoms with Crippen LogP contribution in [0.15, 0.2) is 34.7 Å². The molecule has 1 fully saturated rings. The number of esters is 1.